The summed E-state index contributed by atoms with van der Waals surface area (Å²) in [6.45, 7) is -2.60. The minimum atomic E-state index is -2.95. The Balaban J connectivity index is 1.63. The molecule has 1 aliphatic carbocycles. The maximum Gasteiger partial charge on any atom is 0.387 e. The van der Waals surface area contributed by atoms with Gasteiger partial charge >= 0.3 is 12.6 Å². The summed E-state index contributed by atoms with van der Waals surface area (Å²) >= 11 is 0. The van der Waals surface area contributed by atoms with E-state index in [0.717, 1.165) is 18.4 Å². The van der Waals surface area contributed by atoms with E-state index in [9.17, 15) is 18.4 Å². The maximum atomic E-state index is 12.9. The lowest BCUT2D eigenvalue weighted by molar-refractivity contribution is -0.121. The normalized spacial score (nSPS) is 15.0. The number of amides is 3. The van der Waals surface area contributed by atoms with E-state index in [1.54, 1.807) is 6.07 Å². The van der Waals surface area contributed by atoms with E-state index in [2.05, 4.69) is 20.7 Å². The third-order valence-corrected chi connectivity index (χ3v) is 4.86. The van der Waals surface area contributed by atoms with E-state index in [4.69, 9.17) is 0 Å². The number of carbonyl (C=O) groups is 2. The van der Waals surface area contributed by atoms with Crippen LogP contribution in [0.5, 0.6) is 5.75 Å². The number of ether oxygens (including phenoxy) is 1. The first-order valence-electron chi connectivity index (χ1n) is 9.43. The van der Waals surface area contributed by atoms with Gasteiger partial charge in [0.1, 0.15) is 11.3 Å². The largest absolute Gasteiger partial charge is 0.435 e. The highest BCUT2D eigenvalue weighted by Gasteiger charge is 2.42. The quantitative estimate of drug-likeness (QED) is 0.653. The Bertz CT molecular complexity index is 840. The molecule has 0 aromatic heterocycles. The van der Waals surface area contributed by atoms with Gasteiger partial charge in [0.2, 0.25) is 5.91 Å². The molecule has 0 radical (unpaired) electrons. The van der Waals surface area contributed by atoms with Crippen LogP contribution in [-0.4, -0.2) is 24.1 Å². The molecule has 1 saturated carbocycles. The van der Waals surface area contributed by atoms with Crippen molar-refractivity contribution in [3.05, 3.63) is 60.2 Å². The number of anilines is 1. The van der Waals surface area contributed by atoms with Gasteiger partial charge in [-0.25, -0.2) is 4.79 Å². The highest BCUT2D eigenvalue weighted by Crippen LogP contribution is 2.31. The summed E-state index contributed by atoms with van der Waals surface area (Å²) in [6, 6.07) is 14.8. The molecule has 0 saturated heterocycles. The van der Waals surface area contributed by atoms with Crippen LogP contribution in [0.2, 0.25) is 0 Å². The Hall–Kier alpha value is -3.16. The molecule has 2 aromatic carbocycles. The van der Waals surface area contributed by atoms with Crippen LogP contribution >= 0.6 is 0 Å². The van der Waals surface area contributed by atoms with Gasteiger partial charge in [0.15, 0.2) is 0 Å². The smallest absolute Gasteiger partial charge is 0.387 e. The fourth-order valence-electron chi connectivity index (χ4n) is 3.43. The zero-order valence-corrected chi connectivity index (χ0v) is 15.8. The molecular weight excluding hydrogens is 380 g/mol. The second kappa shape index (κ2) is 9.36. The van der Waals surface area contributed by atoms with Crippen LogP contribution in [0.15, 0.2) is 54.6 Å². The maximum absolute atomic E-state index is 12.9. The first-order valence-corrected chi connectivity index (χ1v) is 9.43. The number of rotatable bonds is 7. The minimum Gasteiger partial charge on any atom is -0.435 e. The Labute approximate surface area is 167 Å². The number of benzene rings is 2. The number of nitrogens with one attached hydrogen (secondary N) is 3. The molecule has 1 aliphatic rings. The molecule has 0 atom stereocenters. The third-order valence-electron chi connectivity index (χ3n) is 4.86. The molecule has 0 heterocycles. The molecule has 0 aliphatic heterocycles. The highest BCUT2D eigenvalue weighted by molar-refractivity contribution is 6.00. The predicted octanol–water partition coefficient (Wildman–Crippen LogP) is 4.04. The van der Waals surface area contributed by atoms with E-state index < -0.39 is 18.2 Å². The third kappa shape index (κ3) is 5.66. The van der Waals surface area contributed by atoms with Crippen molar-refractivity contribution >= 4 is 17.6 Å². The molecule has 3 N–H and O–H groups in total. The summed E-state index contributed by atoms with van der Waals surface area (Å²) in [7, 11) is 0. The molecule has 154 valence electrons. The summed E-state index contributed by atoms with van der Waals surface area (Å²) in [6.07, 6.45) is 2.62. The van der Waals surface area contributed by atoms with E-state index >= 15 is 0 Å². The van der Waals surface area contributed by atoms with Crippen LogP contribution in [0.25, 0.3) is 0 Å². The van der Waals surface area contributed by atoms with Crippen LogP contribution in [0.4, 0.5) is 19.3 Å². The van der Waals surface area contributed by atoms with Gasteiger partial charge in [-0.3, -0.25) is 4.79 Å². The average Bonchev–Trinajstić information content (AvgIpc) is 3.17. The lowest BCUT2D eigenvalue weighted by Crippen LogP contribution is -2.57. The van der Waals surface area contributed by atoms with Gasteiger partial charge in [-0.2, -0.15) is 8.78 Å². The lowest BCUT2D eigenvalue weighted by Gasteiger charge is -2.29. The minimum absolute atomic E-state index is 0.0492. The monoisotopic (exact) mass is 403 g/mol. The first-order chi connectivity index (χ1) is 14.0. The average molecular weight is 403 g/mol. The Morgan fingerprint density at radius 2 is 1.76 bits per heavy atom. The molecule has 3 rings (SSSR count). The van der Waals surface area contributed by atoms with Gasteiger partial charge < -0.3 is 20.7 Å². The SMILES string of the molecule is O=C(NCc1ccccc1)NC1(C(=O)Nc2cccc(OC(F)F)c2)CCCC1. The van der Waals surface area contributed by atoms with Gasteiger partial charge in [0.05, 0.1) is 0 Å². The highest BCUT2D eigenvalue weighted by atomic mass is 19.3. The summed E-state index contributed by atoms with van der Waals surface area (Å²) < 4.78 is 29.2. The predicted molar refractivity (Wildman–Crippen MR) is 105 cm³/mol. The Morgan fingerprint density at radius 3 is 2.45 bits per heavy atom. The molecule has 29 heavy (non-hydrogen) atoms. The van der Waals surface area contributed by atoms with Gasteiger partial charge in [-0.05, 0) is 30.5 Å². The fourth-order valence-corrected chi connectivity index (χ4v) is 3.43. The number of hydrogen-bond acceptors (Lipinski definition) is 3. The number of halogens is 2. The number of alkyl halides is 2. The number of urea groups is 1. The van der Waals surface area contributed by atoms with Gasteiger partial charge in [0, 0.05) is 18.3 Å². The van der Waals surface area contributed by atoms with Crippen LogP contribution in [0.3, 0.4) is 0 Å². The lowest BCUT2D eigenvalue weighted by atomic mass is 9.96. The van der Waals surface area contributed by atoms with Crippen molar-refractivity contribution in [1.29, 1.82) is 0 Å². The second-order valence-electron chi connectivity index (χ2n) is 6.94. The van der Waals surface area contributed by atoms with Crippen molar-refractivity contribution in [2.24, 2.45) is 0 Å². The van der Waals surface area contributed by atoms with Crippen molar-refractivity contribution in [3.8, 4) is 5.75 Å². The van der Waals surface area contributed by atoms with Crippen LogP contribution in [0, 0.1) is 0 Å². The van der Waals surface area contributed by atoms with Gasteiger partial charge in [0.25, 0.3) is 0 Å². The van der Waals surface area contributed by atoms with E-state index in [0.29, 0.717) is 25.1 Å². The standard InChI is InChI=1S/C21H23F2N3O3/c22-19(23)29-17-10-6-9-16(13-17)25-18(27)21(11-4-5-12-21)26-20(28)24-14-15-7-2-1-3-8-15/h1-3,6-10,13,19H,4-5,11-12,14H2,(H,25,27)(H2,24,26,28). The van der Waals surface area contributed by atoms with Crippen molar-refractivity contribution in [1.82, 2.24) is 10.6 Å². The van der Waals surface area contributed by atoms with Crippen molar-refractivity contribution in [2.45, 2.75) is 44.4 Å². The van der Waals surface area contributed by atoms with Crippen LogP contribution in [0.1, 0.15) is 31.2 Å². The summed E-state index contributed by atoms with van der Waals surface area (Å²) in [5.74, 6) is -0.425. The van der Waals surface area contributed by atoms with Gasteiger partial charge in [-0.1, -0.05) is 49.2 Å². The molecular formula is C21H23F2N3O3. The van der Waals surface area contributed by atoms with Crippen LogP contribution < -0.4 is 20.7 Å². The van der Waals surface area contributed by atoms with E-state index in [-0.39, 0.29) is 11.7 Å². The molecule has 0 spiro atoms. The van der Waals surface area contributed by atoms with Crippen molar-refractivity contribution in [2.75, 3.05) is 5.32 Å². The zero-order valence-electron chi connectivity index (χ0n) is 15.8. The molecule has 2 aromatic rings. The number of carbonyl (C=O) groups excluding carboxylic acids is 2. The molecule has 0 bridgehead atoms. The second-order valence-corrected chi connectivity index (χ2v) is 6.94. The van der Waals surface area contributed by atoms with Gasteiger partial charge in [-0.15, -0.1) is 0 Å². The summed E-state index contributed by atoms with van der Waals surface area (Å²) in [4.78, 5) is 25.3. The van der Waals surface area contributed by atoms with E-state index in [1.807, 2.05) is 30.3 Å². The summed E-state index contributed by atoms with van der Waals surface area (Å²) in [5.41, 5.74) is 0.231. The molecule has 1 fully saturated rings. The Morgan fingerprint density at radius 1 is 1.03 bits per heavy atom. The van der Waals surface area contributed by atoms with Crippen molar-refractivity contribution < 1.29 is 23.1 Å². The fraction of sp³-hybridized carbons (Fsp3) is 0.333. The molecule has 3 amide bonds. The summed E-state index contributed by atoms with van der Waals surface area (Å²) in [5, 5.41) is 8.29. The first kappa shape index (κ1) is 20.6. The van der Waals surface area contributed by atoms with Crippen molar-refractivity contribution in [3.63, 3.8) is 0 Å². The van der Waals surface area contributed by atoms with Crippen LogP contribution in [-0.2, 0) is 11.3 Å². The molecule has 0 unspecified atom stereocenters. The topological polar surface area (TPSA) is 79.5 Å². The Kier molecular flexibility index (Phi) is 6.64. The van der Waals surface area contributed by atoms with E-state index in [1.165, 1.54) is 18.2 Å². The zero-order chi connectivity index (χ0) is 20.7. The number of hydrogen-bond donors (Lipinski definition) is 3. The molecule has 6 nitrogen and oxygen atoms in total. The molecule has 8 heteroatoms.